The molecule has 1 amide bonds. The fourth-order valence-corrected chi connectivity index (χ4v) is 2.13. The summed E-state index contributed by atoms with van der Waals surface area (Å²) in [5, 5.41) is 0. The Hall–Kier alpha value is -1.55. The number of amides is 1. The van der Waals surface area contributed by atoms with E-state index in [9.17, 15) is 4.79 Å². The van der Waals surface area contributed by atoms with Gasteiger partial charge in [-0.05, 0) is 37.0 Å². The molecule has 1 aromatic carbocycles. The molecule has 0 saturated heterocycles. The molecule has 0 heterocycles. The smallest absolute Gasteiger partial charge is 0.238 e. The number of nitrogens with two attached hydrogens (primary N) is 1. The SMILES string of the molecule is COc1ccc(C[C@@H](C)CN(C)C(=O)[C@H](C)N)cc1. The van der Waals surface area contributed by atoms with Gasteiger partial charge in [0.15, 0.2) is 0 Å². The molecule has 4 heteroatoms. The molecule has 106 valence electrons. The fourth-order valence-electron chi connectivity index (χ4n) is 2.13. The van der Waals surface area contributed by atoms with Gasteiger partial charge < -0.3 is 15.4 Å². The molecular formula is C15H24N2O2. The molecule has 0 aliphatic rings. The molecule has 0 spiro atoms. The first kappa shape index (κ1) is 15.5. The summed E-state index contributed by atoms with van der Waals surface area (Å²) in [4.78, 5) is 13.4. The minimum absolute atomic E-state index is 0.0124. The van der Waals surface area contributed by atoms with Crippen molar-refractivity contribution in [2.75, 3.05) is 20.7 Å². The van der Waals surface area contributed by atoms with E-state index in [1.165, 1.54) is 5.56 Å². The molecule has 0 aromatic heterocycles. The number of carbonyl (C=O) groups excluding carboxylic acids is 1. The molecule has 0 aliphatic carbocycles. The highest BCUT2D eigenvalue weighted by Crippen LogP contribution is 2.15. The van der Waals surface area contributed by atoms with Gasteiger partial charge in [-0.2, -0.15) is 0 Å². The minimum Gasteiger partial charge on any atom is -0.497 e. The van der Waals surface area contributed by atoms with Crippen molar-refractivity contribution in [2.45, 2.75) is 26.3 Å². The van der Waals surface area contributed by atoms with Crippen LogP contribution in [0.1, 0.15) is 19.4 Å². The van der Waals surface area contributed by atoms with Crippen LogP contribution >= 0.6 is 0 Å². The molecule has 0 unspecified atom stereocenters. The first-order valence-corrected chi connectivity index (χ1v) is 6.57. The molecule has 2 atom stereocenters. The second kappa shape index (κ2) is 7.14. The lowest BCUT2D eigenvalue weighted by Gasteiger charge is -2.23. The predicted octanol–water partition coefficient (Wildman–Crippen LogP) is 1.68. The summed E-state index contributed by atoms with van der Waals surface area (Å²) >= 11 is 0. The first-order valence-electron chi connectivity index (χ1n) is 6.57. The monoisotopic (exact) mass is 264 g/mol. The lowest BCUT2D eigenvalue weighted by atomic mass is 10.0. The Bertz CT molecular complexity index is 401. The Balaban J connectivity index is 2.50. The van der Waals surface area contributed by atoms with Crippen molar-refractivity contribution >= 4 is 5.91 Å². The van der Waals surface area contributed by atoms with Crippen molar-refractivity contribution in [1.82, 2.24) is 4.90 Å². The van der Waals surface area contributed by atoms with E-state index in [1.54, 1.807) is 26.0 Å². The summed E-state index contributed by atoms with van der Waals surface area (Å²) in [5.41, 5.74) is 6.84. The fraction of sp³-hybridized carbons (Fsp3) is 0.533. The number of methoxy groups -OCH3 is 1. The standard InChI is InChI=1S/C15H24N2O2/c1-11(10-17(3)15(18)12(2)16)9-13-5-7-14(19-4)8-6-13/h5-8,11-12H,9-10,16H2,1-4H3/t11-,12+/m1/s1. The van der Waals surface area contributed by atoms with Crippen LogP contribution in [0.5, 0.6) is 5.75 Å². The number of carbonyl (C=O) groups is 1. The van der Waals surface area contributed by atoms with E-state index in [0.29, 0.717) is 12.5 Å². The van der Waals surface area contributed by atoms with Gasteiger partial charge >= 0.3 is 0 Å². The normalized spacial score (nSPS) is 13.7. The van der Waals surface area contributed by atoms with Crippen LogP contribution in [0.15, 0.2) is 24.3 Å². The summed E-state index contributed by atoms with van der Waals surface area (Å²) in [6, 6.07) is 7.60. The van der Waals surface area contributed by atoms with Gasteiger partial charge in [0.2, 0.25) is 5.91 Å². The molecule has 1 rings (SSSR count). The van der Waals surface area contributed by atoms with E-state index < -0.39 is 6.04 Å². The summed E-state index contributed by atoms with van der Waals surface area (Å²) in [6.07, 6.45) is 0.931. The van der Waals surface area contributed by atoms with Crippen molar-refractivity contribution in [3.8, 4) is 5.75 Å². The summed E-state index contributed by atoms with van der Waals surface area (Å²) < 4.78 is 5.13. The Labute approximate surface area is 115 Å². The van der Waals surface area contributed by atoms with Crippen LogP contribution in [0.4, 0.5) is 0 Å². The van der Waals surface area contributed by atoms with Crippen molar-refractivity contribution < 1.29 is 9.53 Å². The average Bonchev–Trinajstić information content (AvgIpc) is 2.38. The van der Waals surface area contributed by atoms with E-state index in [2.05, 4.69) is 19.1 Å². The Morgan fingerprint density at radius 2 is 1.89 bits per heavy atom. The number of hydrogen-bond donors (Lipinski definition) is 1. The molecule has 2 N–H and O–H groups in total. The number of benzene rings is 1. The number of nitrogens with zero attached hydrogens (tertiary/aromatic N) is 1. The van der Waals surface area contributed by atoms with Crippen molar-refractivity contribution in [3.05, 3.63) is 29.8 Å². The maximum absolute atomic E-state index is 11.7. The number of rotatable bonds is 6. The molecular weight excluding hydrogens is 240 g/mol. The van der Waals surface area contributed by atoms with Crippen LogP contribution in [0.25, 0.3) is 0 Å². The molecule has 4 nitrogen and oxygen atoms in total. The zero-order valence-corrected chi connectivity index (χ0v) is 12.2. The van der Waals surface area contributed by atoms with Crippen LogP contribution in [-0.4, -0.2) is 37.6 Å². The van der Waals surface area contributed by atoms with Crippen LogP contribution in [-0.2, 0) is 11.2 Å². The zero-order chi connectivity index (χ0) is 14.4. The largest absolute Gasteiger partial charge is 0.497 e. The van der Waals surface area contributed by atoms with Crippen molar-refractivity contribution in [2.24, 2.45) is 11.7 Å². The second-order valence-corrected chi connectivity index (χ2v) is 5.16. The Morgan fingerprint density at radius 1 is 1.32 bits per heavy atom. The maximum atomic E-state index is 11.7. The zero-order valence-electron chi connectivity index (χ0n) is 12.2. The second-order valence-electron chi connectivity index (χ2n) is 5.16. The highest BCUT2D eigenvalue weighted by atomic mass is 16.5. The third-order valence-corrected chi connectivity index (χ3v) is 3.09. The quantitative estimate of drug-likeness (QED) is 0.850. The highest BCUT2D eigenvalue weighted by Gasteiger charge is 2.15. The summed E-state index contributed by atoms with van der Waals surface area (Å²) in [7, 11) is 3.46. The molecule has 0 aliphatic heterocycles. The first-order chi connectivity index (χ1) is 8.93. The van der Waals surface area contributed by atoms with Gasteiger partial charge in [0.05, 0.1) is 13.2 Å². The van der Waals surface area contributed by atoms with Gasteiger partial charge in [0.1, 0.15) is 5.75 Å². The Morgan fingerprint density at radius 3 is 2.37 bits per heavy atom. The molecule has 1 aromatic rings. The number of ether oxygens (including phenoxy) is 1. The molecule has 0 saturated carbocycles. The van der Waals surface area contributed by atoms with Crippen molar-refractivity contribution in [3.63, 3.8) is 0 Å². The van der Waals surface area contributed by atoms with E-state index in [-0.39, 0.29) is 5.91 Å². The van der Waals surface area contributed by atoms with E-state index in [0.717, 1.165) is 12.2 Å². The molecule has 19 heavy (non-hydrogen) atoms. The van der Waals surface area contributed by atoms with E-state index in [4.69, 9.17) is 10.5 Å². The third-order valence-electron chi connectivity index (χ3n) is 3.09. The molecule has 0 fully saturated rings. The lowest BCUT2D eigenvalue weighted by molar-refractivity contribution is -0.131. The maximum Gasteiger partial charge on any atom is 0.238 e. The van der Waals surface area contributed by atoms with Crippen LogP contribution in [0.2, 0.25) is 0 Å². The Kier molecular flexibility index (Phi) is 5.83. The van der Waals surface area contributed by atoms with Gasteiger partial charge in [0.25, 0.3) is 0 Å². The van der Waals surface area contributed by atoms with E-state index in [1.807, 2.05) is 12.1 Å². The van der Waals surface area contributed by atoms with E-state index >= 15 is 0 Å². The lowest BCUT2D eigenvalue weighted by Crippen LogP contribution is -2.41. The van der Waals surface area contributed by atoms with Crippen molar-refractivity contribution in [1.29, 1.82) is 0 Å². The van der Waals surface area contributed by atoms with Crippen LogP contribution < -0.4 is 10.5 Å². The number of hydrogen-bond acceptors (Lipinski definition) is 3. The number of likely N-dealkylation sites (N-methyl/N-ethyl adjacent to an activating group) is 1. The molecule has 0 radical (unpaired) electrons. The highest BCUT2D eigenvalue weighted by molar-refractivity contribution is 5.80. The summed E-state index contributed by atoms with van der Waals surface area (Å²) in [5.74, 6) is 1.24. The van der Waals surface area contributed by atoms with Gasteiger partial charge in [-0.15, -0.1) is 0 Å². The van der Waals surface area contributed by atoms with Gasteiger partial charge in [0, 0.05) is 13.6 Å². The van der Waals surface area contributed by atoms with Gasteiger partial charge in [-0.3, -0.25) is 4.79 Å². The minimum atomic E-state index is -0.432. The average molecular weight is 264 g/mol. The predicted molar refractivity (Wildman–Crippen MR) is 77.1 cm³/mol. The van der Waals surface area contributed by atoms with Gasteiger partial charge in [-0.25, -0.2) is 0 Å². The van der Waals surface area contributed by atoms with Crippen LogP contribution in [0, 0.1) is 5.92 Å². The van der Waals surface area contributed by atoms with Crippen LogP contribution in [0.3, 0.4) is 0 Å². The topological polar surface area (TPSA) is 55.6 Å². The summed E-state index contributed by atoms with van der Waals surface area (Å²) in [6.45, 7) is 4.56. The third kappa shape index (κ3) is 4.91. The molecule has 0 bridgehead atoms. The van der Waals surface area contributed by atoms with Gasteiger partial charge in [-0.1, -0.05) is 19.1 Å².